The number of hydrogen-bond acceptors (Lipinski definition) is 4. The van der Waals surface area contributed by atoms with Crippen molar-refractivity contribution in [2.45, 2.75) is 18.9 Å². The highest BCUT2D eigenvalue weighted by molar-refractivity contribution is 5.97. The van der Waals surface area contributed by atoms with Crippen molar-refractivity contribution >= 4 is 17.5 Å². The Morgan fingerprint density at radius 2 is 1.96 bits per heavy atom. The van der Waals surface area contributed by atoms with Crippen molar-refractivity contribution in [3.05, 3.63) is 47.8 Å². The van der Waals surface area contributed by atoms with Crippen molar-refractivity contribution in [3.8, 4) is 0 Å². The molecule has 2 aliphatic heterocycles. The molecular formula is C20H25N5O2. The second kappa shape index (κ2) is 6.49. The lowest BCUT2D eigenvalue weighted by Gasteiger charge is -2.46. The number of aromatic nitrogens is 2. The first-order valence-electron chi connectivity index (χ1n) is 9.25. The van der Waals surface area contributed by atoms with Gasteiger partial charge in [-0.3, -0.25) is 19.2 Å². The summed E-state index contributed by atoms with van der Waals surface area (Å²) in [4.78, 5) is 31.5. The molecule has 7 nitrogen and oxygen atoms in total. The highest BCUT2D eigenvalue weighted by Gasteiger charge is 2.49. The van der Waals surface area contributed by atoms with Gasteiger partial charge in [-0.2, -0.15) is 5.10 Å². The van der Waals surface area contributed by atoms with Crippen LogP contribution in [0.4, 0.5) is 5.69 Å². The van der Waals surface area contributed by atoms with Gasteiger partial charge in [-0.15, -0.1) is 0 Å². The molecule has 0 N–H and O–H groups in total. The molecule has 2 aromatic rings. The summed E-state index contributed by atoms with van der Waals surface area (Å²) in [5, 5.41) is 4.20. The van der Waals surface area contributed by atoms with E-state index in [4.69, 9.17) is 0 Å². The van der Waals surface area contributed by atoms with E-state index in [-0.39, 0.29) is 17.4 Å². The number of benzene rings is 1. The molecule has 1 spiro atoms. The number of likely N-dealkylation sites (N-methyl/N-ethyl adjacent to an activating group) is 1. The highest BCUT2D eigenvalue weighted by Crippen LogP contribution is 2.34. The van der Waals surface area contributed by atoms with Crippen LogP contribution in [0.5, 0.6) is 0 Å². The maximum atomic E-state index is 13.0. The van der Waals surface area contributed by atoms with Gasteiger partial charge in [0, 0.05) is 38.4 Å². The third-order valence-electron chi connectivity index (χ3n) is 5.93. The van der Waals surface area contributed by atoms with E-state index >= 15 is 0 Å². The number of amides is 2. The maximum Gasteiger partial charge on any atom is 0.254 e. The number of anilines is 1. The largest absolute Gasteiger partial charge is 0.337 e. The minimum atomic E-state index is -0.220. The molecule has 2 saturated heterocycles. The Labute approximate surface area is 159 Å². The average Bonchev–Trinajstić information content (AvgIpc) is 3.26. The monoisotopic (exact) mass is 367 g/mol. The van der Waals surface area contributed by atoms with Gasteiger partial charge in [-0.25, -0.2) is 0 Å². The molecule has 4 rings (SSSR count). The third kappa shape index (κ3) is 3.02. The number of likely N-dealkylation sites (tertiary alicyclic amines) is 1. The van der Waals surface area contributed by atoms with Crippen molar-refractivity contribution in [2.24, 2.45) is 7.05 Å². The number of piperazine rings is 1. The summed E-state index contributed by atoms with van der Waals surface area (Å²) >= 11 is 0. The number of rotatable bonds is 2. The van der Waals surface area contributed by atoms with Gasteiger partial charge in [0.25, 0.3) is 5.91 Å². The van der Waals surface area contributed by atoms with Crippen LogP contribution in [0.1, 0.15) is 22.3 Å². The van der Waals surface area contributed by atoms with Gasteiger partial charge in [-0.1, -0.05) is 18.2 Å². The van der Waals surface area contributed by atoms with Crippen molar-refractivity contribution in [1.82, 2.24) is 19.6 Å². The smallest absolute Gasteiger partial charge is 0.254 e. The molecule has 1 aromatic heterocycles. The van der Waals surface area contributed by atoms with Crippen molar-refractivity contribution in [3.63, 3.8) is 0 Å². The molecule has 2 aliphatic rings. The van der Waals surface area contributed by atoms with E-state index < -0.39 is 0 Å². The lowest BCUT2D eigenvalue weighted by atomic mass is 9.93. The zero-order chi connectivity index (χ0) is 19.2. The molecule has 2 fully saturated rings. The first-order valence-corrected chi connectivity index (χ1v) is 9.25. The predicted molar refractivity (Wildman–Crippen MR) is 103 cm³/mol. The number of aryl methyl sites for hydroxylation is 2. The maximum absolute atomic E-state index is 13.0. The Bertz CT molecular complexity index is 892. The summed E-state index contributed by atoms with van der Waals surface area (Å²) in [5.74, 6) is 0.142. The van der Waals surface area contributed by atoms with Crippen LogP contribution in [0.15, 0.2) is 36.7 Å². The lowest BCUT2D eigenvalue weighted by molar-refractivity contribution is -0.123. The molecule has 27 heavy (non-hydrogen) atoms. The van der Waals surface area contributed by atoms with Gasteiger partial charge in [0.15, 0.2) is 0 Å². The summed E-state index contributed by atoms with van der Waals surface area (Å²) in [6, 6.07) is 7.71. The van der Waals surface area contributed by atoms with Crippen LogP contribution in [-0.4, -0.2) is 70.2 Å². The summed E-state index contributed by atoms with van der Waals surface area (Å²) in [5.41, 5.74) is 2.35. The first-order chi connectivity index (χ1) is 12.9. The third-order valence-corrected chi connectivity index (χ3v) is 5.93. The van der Waals surface area contributed by atoms with Crippen LogP contribution in [0.2, 0.25) is 0 Å². The van der Waals surface area contributed by atoms with Gasteiger partial charge in [0.1, 0.15) is 0 Å². The standard InChI is InChI=1S/C20H25N5O2/c1-15-6-4-5-7-17(15)19(27)24-9-8-20(13-24)14-25(18(26)12-22(20)2)16-10-21-23(3)11-16/h4-7,10-11H,8-9,12-14H2,1-3H3. The van der Waals surface area contributed by atoms with Crippen LogP contribution in [0.3, 0.4) is 0 Å². The number of hydrogen-bond donors (Lipinski definition) is 0. The fourth-order valence-corrected chi connectivity index (χ4v) is 4.20. The van der Waals surface area contributed by atoms with Crippen LogP contribution in [-0.2, 0) is 11.8 Å². The molecule has 3 heterocycles. The number of nitrogens with zero attached hydrogens (tertiary/aromatic N) is 5. The van der Waals surface area contributed by atoms with Crippen LogP contribution < -0.4 is 4.90 Å². The minimum Gasteiger partial charge on any atom is -0.337 e. The van der Waals surface area contributed by atoms with Gasteiger partial charge >= 0.3 is 0 Å². The zero-order valence-electron chi connectivity index (χ0n) is 16.1. The van der Waals surface area contributed by atoms with Crippen molar-refractivity contribution < 1.29 is 9.59 Å². The Morgan fingerprint density at radius 1 is 1.19 bits per heavy atom. The van der Waals surface area contributed by atoms with Crippen molar-refractivity contribution in [2.75, 3.05) is 38.1 Å². The van der Waals surface area contributed by atoms with E-state index in [1.165, 1.54) is 0 Å². The average molecular weight is 367 g/mol. The van der Waals surface area contributed by atoms with Crippen molar-refractivity contribution in [1.29, 1.82) is 0 Å². The molecule has 142 valence electrons. The highest BCUT2D eigenvalue weighted by atomic mass is 16.2. The first kappa shape index (κ1) is 17.7. The van der Waals surface area contributed by atoms with E-state index in [0.29, 0.717) is 26.2 Å². The minimum absolute atomic E-state index is 0.0693. The Kier molecular flexibility index (Phi) is 4.26. The zero-order valence-corrected chi connectivity index (χ0v) is 16.1. The Morgan fingerprint density at radius 3 is 2.67 bits per heavy atom. The number of carbonyl (C=O) groups is 2. The van der Waals surface area contributed by atoms with Crippen LogP contribution in [0.25, 0.3) is 0 Å². The van der Waals surface area contributed by atoms with Crippen LogP contribution in [0, 0.1) is 6.92 Å². The number of carbonyl (C=O) groups excluding carboxylic acids is 2. The summed E-state index contributed by atoms with van der Waals surface area (Å²) in [6.07, 6.45) is 4.44. The second-order valence-corrected chi connectivity index (χ2v) is 7.72. The fraction of sp³-hybridized carbons (Fsp3) is 0.450. The van der Waals surface area contributed by atoms with E-state index in [1.54, 1.807) is 10.9 Å². The molecular weight excluding hydrogens is 342 g/mol. The van der Waals surface area contributed by atoms with Gasteiger partial charge in [0.05, 0.1) is 24.0 Å². The fourth-order valence-electron chi connectivity index (χ4n) is 4.20. The quantitative estimate of drug-likeness (QED) is 0.803. The molecule has 0 aliphatic carbocycles. The normalized spacial score (nSPS) is 23.4. The van der Waals surface area contributed by atoms with E-state index in [9.17, 15) is 9.59 Å². The summed E-state index contributed by atoms with van der Waals surface area (Å²) in [7, 11) is 3.83. The summed E-state index contributed by atoms with van der Waals surface area (Å²) < 4.78 is 1.70. The SMILES string of the molecule is Cc1ccccc1C(=O)N1CCC2(C1)CN(c1cnn(C)c1)C(=O)CN2C. The van der Waals surface area contributed by atoms with Gasteiger partial charge < -0.3 is 9.80 Å². The molecule has 1 aromatic carbocycles. The topological polar surface area (TPSA) is 61.7 Å². The van der Waals surface area contributed by atoms with Gasteiger partial charge in [0.2, 0.25) is 5.91 Å². The lowest BCUT2D eigenvalue weighted by Crippen LogP contribution is -2.64. The van der Waals surface area contributed by atoms with E-state index in [0.717, 1.165) is 23.2 Å². The molecule has 0 bridgehead atoms. The molecule has 0 saturated carbocycles. The van der Waals surface area contributed by atoms with Gasteiger partial charge in [-0.05, 0) is 32.0 Å². The van der Waals surface area contributed by atoms with E-state index in [2.05, 4.69) is 10.00 Å². The summed E-state index contributed by atoms with van der Waals surface area (Å²) in [6.45, 7) is 4.22. The van der Waals surface area contributed by atoms with Crippen LogP contribution >= 0.6 is 0 Å². The molecule has 7 heteroatoms. The molecule has 2 amide bonds. The Balaban J connectivity index is 1.57. The molecule has 1 unspecified atom stereocenters. The van der Waals surface area contributed by atoms with E-state index in [1.807, 2.05) is 61.3 Å². The molecule has 0 radical (unpaired) electrons. The molecule has 1 atom stereocenters. The Hall–Kier alpha value is -2.67. The second-order valence-electron chi connectivity index (χ2n) is 7.72. The predicted octanol–water partition coefficient (Wildman–Crippen LogP) is 1.29.